The minimum Gasteiger partial charge on any atom is -0.399 e. The van der Waals surface area contributed by atoms with Crippen molar-refractivity contribution >= 4 is 21.4 Å². The van der Waals surface area contributed by atoms with Crippen LogP contribution in [-0.2, 0) is 10.0 Å². The molecule has 1 aliphatic heterocycles. The van der Waals surface area contributed by atoms with Crippen molar-refractivity contribution in [2.75, 3.05) is 30.7 Å². The molecule has 0 radical (unpaired) electrons. The van der Waals surface area contributed by atoms with Crippen molar-refractivity contribution in [3.05, 3.63) is 17.7 Å². The highest BCUT2D eigenvalue weighted by molar-refractivity contribution is 7.89. The van der Waals surface area contributed by atoms with E-state index in [1.807, 2.05) is 0 Å². The summed E-state index contributed by atoms with van der Waals surface area (Å²) >= 11 is 0. The summed E-state index contributed by atoms with van der Waals surface area (Å²) in [4.78, 5) is 2.51. The maximum absolute atomic E-state index is 11.6. The zero-order valence-electron chi connectivity index (χ0n) is 12.6. The van der Waals surface area contributed by atoms with Crippen LogP contribution >= 0.6 is 0 Å². The zero-order valence-corrected chi connectivity index (χ0v) is 13.4. The van der Waals surface area contributed by atoms with E-state index in [0.717, 1.165) is 31.7 Å². The molecule has 0 bridgehead atoms. The number of hydrogen-bond donors (Lipinski definition) is 3. The predicted molar refractivity (Wildman–Crippen MR) is 85.7 cm³/mol. The minimum absolute atomic E-state index is 0.0868. The molecule has 1 aromatic rings. The Morgan fingerprint density at radius 2 is 2.14 bits per heavy atom. The molecular weight excluding hydrogens is 288 g/mol. The number of nitrogen functional groups attached to an aromatic ring is 1. The van der Waals surface area contributed by atoms with Crippen molar-refractivity contribution in [2.24, 2.45) is 5.14 Å². The maximum atomic E-state index is 11.6. The summed E-state index contributed by atoms with van der Waals surface area (Å²) in [5.41, 5.74) is 7.54. The number of benzene rings is 1. The van der Waals surface area contributed by atoms with Gasteiger partial charge in [-0.25, -0.2) is 13.6 Å². The number of primary sulfonamides is 1. The van der Waals surface area contributed by atoms with Gasteiger partial charge in [-0.3, -0.25) is 4.90 Å². The molecule has 118 valence electrons. The van der Waals surface area contributed by atoms with Gasteiger partial charge in [-0.15, -0.1) is 0 Å². The molecule has 1 aromatic carbocycles. The third kappa shape index (κ3) is 3.66. The summed E-state index contributed by atoms with van der Waals surface area (Å²) in [7, 11) is -3.76. The van der Waals surface area contributed by atoms with Gasteiger partial charge >= 0.3 is 0 Å². The lowest BCUT2D eigenvalue weighted by molar-refractivity contribution is 0.277. The van der Waals surface area contributed by atoms with Crippen LogP contribution in [0.5, 0.6) is 0 Å². The van der Waals surface area contributed by atoms with E-state index < -0.39 is 10.0 Å². The number of rotatable bonds is 5. The van der Waals surface area contributed by atoms with Gasteiger partial charge in [0, 0.05) is 24.0 Å². The molecule has 1 unspecified atom stereocenters. The highest BCUT2D eigenvalue weighted by Gasteiger charge is 2.23. The molecule has 7 heteroatoms. The second kappa shape index (κ2) is 6.21. The Bertz CT molecular complexity index is 616. The fraction of sp³-hybridized carbons (Fsp3) is 0.571. The van der Waals surface area contributed by atoms with Crippen molar-refractivity contribution in [1.82, 2.24) is 4.90 Å². The maximum Gasteiger partial charge on any atom is 0.238 e. The van der Waals surface area contributed by atoms with Gasteiger partial charge in [-0.05, 0) is 50.6 Å². The smallest absolute Gasteiger partial charge is 0.238 e. The van der Waals surface area contributed by atoms with E-state index in [1.54, 1.807) is 13.0 Å². The molecule has 1 atom stereocenters. The van der Waals surface area contributed by atoms with E-state index in [-0.39, 0.29) is 4.90 Å². The van der Waals surface area contributed by atoms with Gasteiger partial charge in [-0.1, -0.05) is 6.92 Å². The number of anilines is 2. The van der Waals surface area contributed by atoms with Gasteiger partial charge in [-0.2, -0.15) is 0 Å². The molecule has 5 N–H and O–H groups in total. The van der Waals surface area contributed by atoms with Crippen LogP contribution in [0, 0.1) is 6.92 Å². The van der Waals surface area contributed by atoms with E-state index in [0.29, 0.717) is 17.3 Å². The second-order valence-corrected chi connectivity index (χ2v) is 7.07. The summed E-state index contributed by atoms with van der Waals surface area (Å²) in [6, 6.07) is 3.65. The molecule has 0 spiro atoms. The lowest BCUT2D eigenvalue weighted by Crippen LogP contribution is -2.34. The Kier molecular flexibility index (Phi) is 4.75. The normalized spacial score (nSPS) is 19.9. The number of nitrogens with zero attached hydrogens (tertiary/aromatic N) is 1. The average Bonchev–Trinajstić information content (AvgIpc) is 2.85. The minimum atomic E-state index is -3.76. The first kappa shape index (κ1) is 16.1. The lowest BCUT2D eigenvalue weighted by atomic mass is 10.1. The van der Waals surface area contributed by atoms with Gasteiger partial charge < -0.3 is 11.1 Å². The molecule has 0 aromatic heterocycles. The third-order valence-corrected chi connectivity index (χ3v) is 5.16. The highest BCUT2D eigenvalue weighted by atomic mass is 32.2. The van der Waals surface area contributed by atoms with Crippen molar-refractivity contribution in [3.63, 3.8) is 0 Å². The van der Waals surface area contributed by atoms with Crippen molar-refractivity contribution in [2.45, 2.75) is 37.6 Å². The van der Waals surface area contributed by atoms with Crippen LogP contribution in [0.4, 0.5) is 11.4 Å². The van der Waals surface area contributed by atoms with Gasteiger partial charge in [0.15, 0.2) is 0 Å². The van der Waals surface area contributed by atoms with Crippen LogP contribution < -0.4 is 16.2 Å². The predicted octanol–water partition coefficient (Wildman–Crippen LogP) is 1.12. The fourth-order valence-corrected chi connectivity index (χ4v) is 3.80. The first-order valence-electron chi connectivity index (χ1n) is 7.23. The summed E-state index contributed by atoms with van der Waals surface area (Å²) in [6.45, 7) is 6.84. The monoisotopic (exact) mass is 312 g/mol. The Morgan fingerprint density at radius 3 is 2.76 bits per heavy atom. The lowest BCUT2D eigenvalue weighted by Gasteiger charge is -2.24. The summed E-state index contributed by atoms with van der Waals surface area (Å²) in [5.74, 6) is 0. The topological polar surface area (TPSA) is 101 Å². The third-order valence-electron chi connectivity index (χ3n) is 4.12. The SMILES string of the molecule is CCN1CCCC1CNc1cc(N)cc(S(N)(=O)=O)c1C. The number of likely N-dealkylation sites (N-methyl/N-ethyl adjacent to an activating group) is 1. The van der Waals surface area contributed by atoms with Crippen LogP contribution in [0.25, 0.3) is 0 Å². The van der Waals surface area contributed by atoms with E-state index >= 15 is 0 Å². The Balaban J connectivity index is 2.19. The first-order chi connectivity index (χ1) is 9.82. The number of nitrogens with one attached hydrogen (secondary N) is 1. The molecule has 1 fully saturated rings. The molecule has 21 heavy (non-hydrogen) atoms. The number of sulfonamides is 1. The Morgan fingerprint density at radius 1 is 1.43 bits per heavy atom. The fourth-order valence-electron chi connectivity index (χ4n) is 2.96. The summed E-state index contributed by atoms with van der Waals surface area (Å²) < 4.78 is 23.2. The van der Waals surface area contributed by atoms with E-state index in [1.165, 1.54) is 12.5 Å². The molecule has 6 nitrogen and oxygen atoms in total. The average molecular weight is 312 g/mol. The Hall–Kier alpha value is -1.31. The van der Waals surface area contributed by atoms with E-state index in [4.69, 9.17) is 10.9 Å². The van der Waals surface area contributed by atoms with Gasteiger partial charge in [0.1, 0.15) is 0 Å². The van der Waals surface area contributed by atoms with E-state index in [9.17, 15) is 8.42 Å². The van der Waals surface area contributed by atoms with Gasteiger partial charge in [0.25, 0.3) is 0 Å². The van der Waals surface area contributed by atoms with E-state index in [2.05, 4.69) is 17.1 Å². The molecular formula is C14H24N4O2S. The van der Waals surface area contributed by atoms with Crippen LogP contribution in [-0.4, -0.2) is 39.0 Å². The molecule has 1 heterocycles. The highest BCUT2D eigenvalue weighted by Crippen LogP contribution is 2.27. The number of hydrogen-bond acceptors (Lipinski definition) is 5. The molecule has 2 rings (SSSR count). The van der Waals surface area contributed by atoms with Crippen LogP contribution in [0.3, 0.4) is 0 Å². The molecule has 0 aliphatic carbocycles. The standard InChI is InChI=1S/C14H24N4O2S/c1-3-18-6-4-5-12(18)9-17-13-7-11(15)8-14(10(13)2)21(16,19)20/h7-8,12,17H,3-6,9,15H2,1-2H3,(H2,16,19,20). The van der Waals surface area contributed by atoms with Gasteiger partial charge in [0.05, 0.1) is 4.90 Å². The van der Waals surface area contributed by atoms with Crippen molar-refractivity contribution in [3.8, 4) is 0 Å². The van der Waals surface area contributed by atoms with Crippen LogP contribution in [0.2, 0.25) is 0 Å². The van der Waals surface area contributed by atoms with Gasteiger partial charge in [0.2, 0.25) is 10.0 Å². The second-order valence-electron chi connectivity index (χ2n) is 5.54. The number of likely N-dealkylation sites (tertiary alicyclic amines) is 1. The zero-order chi connectivity index (χ0) is 15.6. The van der Waals surface area contributed by atoms with Crippen molar-refractivity contribution in [1.29, 1.82) is 0 Å². The van der Waals surface area contributed by atoms with Crippen LogP contribution in [0.1, 0.15) is 25.3 Å². The number of nitrogens with two attached hydrogens (primary N) is 2. The Labute approximate surface area is 126 Å². The van der Waals surface area contributed by atoms with Crippen molar-refractivity contribution < 1.29 is 8.42 Å². The summed E-state index contributed by atoms with van der Waals surface area (Å²) in [6.07, 6.45) is 2.36. The van der Waals surface area contributed by atoms with Crippen LogP contribution in [0.15, 0.2) is 17.0 Å². The summed E-state index contributed by atoms with van der Waals surface area (Å²) in [5, 5.41) is 8.57. The quantitative estimate of drug-likeness (QED) is 0.707. The first-order valence-corrected chi connectivity index (χ1v) is 8.78. The molecule has 0 amide bonds. The molecule has 0 saturated carbocycles. The largest absolute Gasteiger partial charge is 0.399 e. The molecule has 1 aliphatic rings. The molecule has 1 saturated heterocycles.